The summed E-state index contributed by atoms with van der Waals surface area (Å²) in [6, 6.07) is 25.3. The SMILES string of the molecule is CC(C)c1ccc(/C=N/NC(=O)CSc2nnc(-c3ccccc3)n2-c2ccc(Cl)cc2)cc1. The third-order valence-electron chi connectivity index (χ3n) is 5.09. The van der Waals surface area contributed by atoms with E-state index in [0.29, 0.717) is 21.9 Å². The van der Waals surface area contributed by atoms with Gasteiger partial charge in [-0.2, -0.15) is 5.10 Å². The molecule has 1 amide bonds. The van der Waals surface area contributed by atoms with E-state index < -0.39 is 0 Å². The lowest BCUT2D eigenvalue weighted by Crippen LogP contribution is -2.20. The molecule has 0 aliphatic heterocycles. The largest absolute Gasteiger partial charge is 0.272 e. The molecule has 0 bridgehead atoms. The Hall–Kier alpha value is -3.42. The van der Waals surface area contributed by atoms with Crippen molar-refractivity contribution in [2.24, 2.45) is 5.10 Å². The molecule has 1 heterocycles. The predicted molar refractivity (Wildman–Crippen MR) is 139 cm³/mol. The number of carbonyl (C=O) groups is 1. The number of nitrogens with one attached hydrogen (secondary N) is 1. The van der Waals surface area contributed by atoms with Crippen LogP contribution in [0, 0.1) is 0 Å². The monoisotopic (exact) mass is 489 g/mol. The number of benzene rings is 3. The average Bonchev–Trinajstić information content (AvgIpc) is 3.28. The van der Waals surface area contributed by atoms with Crippen LogP contribution in [0.4, 0.5) is 0 Å². The molecule has 0 aliphatic rings. The van der Waals surface area contributed by atoms with Crippen molar-refractivity contribution in [1.82, 2.24) is 20.2 Å². The van der Waals surface area contributed by atoms with E-state index in [1.54, 1.807) is 6.21 Å². The van der Waals surface area contributed by atoms with E-state index in [4.69, 9.17) is 11.6 Å². The zero-order chi connectivity index (χ0) is 23.9. The highest BCUT2D eigenvalue weighted by atomic mass is 35.5. The maximum absolute atomic E-state index is 12.4. The van der Waals surface area contributed by atoms with Gasteiger partial charge in [0, 0.05) is 16.3 Å². The number of hydrazone groups is 1. The quantitative estimate of drug-likeness (QED) is 0.188. The Bertz CT molecular complexity index is 1270. The minimum absolute atomic E-state index is 0.143. The molecule has 0 spiro atoms. The van der Waals surface area contributed by atoms with Crippen LogP contribution in [0.3, 0.4) is 0 Å². The lowest BCUT2D eigenvalue weighted by Gasteiger charge is -2.10. The smallest absolute Gasteiger partial charge is 0.250 e. The normalized spacial score (nSPS) is 11.3. The Balaban J connectivity index is 1.45. The van der Waals surface area contributed by atoms with E-state index in [2.05, 4.69) is 46.7 Å². The summed E-state index contributed by atoms with van der Waals surface area (Å²) in [5.74, 6) is 1.07. The van der Waals surface area contributed by atoms with Crippen LogP contribution >= 0.6 is 23.4 Å². The topological polar surface area (TPSA) is 72.2 Å². The predicted octanol–water partition coefficient (Wildman–Crippen LogP) is 5.95. The highest BCUT2D eigenvalue weighted by Gasteiger charge is 2.17. The molecular weight excluding hydrogens is 466 g/mol. The fraction of sp³-hybridized carbons (Fsp3) is 0.154. The molecule has 0 aliphatic carbocycles. The number of aromatic nitrogens is 3. The van der Waals surface area contributed by atoms with Gasteiger partial charge in [-0.05, 0) is 41.3 Å². The zero-order valence-corrected chi connectivity index (χ0v) is 20.4. The first kappa shape index (κ1) is 23.7. The summed E-state index contributed by atoms with van der Waals surface area (Å²) in [4.78, 5) is 12.4. The molecule has 8 heteroatoms. The molecule has 4 aromatic rings. The minimum Gasteiger partial charge on any atom is -0.272 e. The number of carbonyl (C=O) groups excluding carboxylic acids is 1. The van der Waals surface area contributed by atoms with E-state index in [1.165, 1.54) is 17.3 Å². The first-order chi connectivity index (χ1) is 16.5. The van der Waals surface area contributed by atoms with Crippen LogP contribution in [0.1, 0.15) is 30.9 Å². The van der Waals surface area contributed by atoms with Gasteiger partial charge < -0.3 is 0 Å². The number of rotatable bonds is 8. The van der Waals surface area contributed by atoms with Gasteiger partial charge in [-0.3, -0.25) is 9.36 Å². The summed E-state index contributed by atoms with van der Waals surface area (Å²) in [5, 5.41) is 14.0. The number of nitrogens with zero attached hydrogens (tertiary/aromatic N) is 4. The van der Waals surface area contributed by atoms with Gasteiger partial charge in [-0.25, -0.2) is 5.43 Å². The van der Waals surface area contributed by atoms with Gasteiger partial charge in [-0.15, -0.1) is 10.2 Å². The summed E-state index contributed by atoms with van der Waals surface area (Å²) in [6.45, 7) is 4.30. The summed E-state index contributed by atoms with van der Waals surface area (Å²) in [7, 11) is 0. The fourth-order valence-electron chi connectivity index (χ4n) is 3.27. The summed E-state index contributed by atoms with van der Waals surface area (Å²) in [6.07, 6.45) is 1.64. The van der Waals surface area contributed by atoms with Crippen LogP contribution in [0.25, 0.3) is 17.1 Å². The molecule has 4 rings (SSSR count). The van der Waals surface area contributed by atoms with Crippen molar-refractivity contribution in [2.45, 2.75) is 24.9 Å². The van der Waals surface area contributed by atoms with E-state index >= 15 is 0 Å². The van der Waals surface area contributed by atoms with Gasteiger partial charge in [-0.1, -0.05) is 91.8 Å². The summed E-state index contributed by atoms with van der Waals surface area (Å²) >= 11 is 7.37. The van der Waals surface area contributed by atoms with Gasteiger partial charge in [0.1, 0.15) is 0 Å². The molecule has 1 N–H and O–H groups in total. The lowest BCUT2D eigenvalue weighted by atomic mass is 10.0. The standard InChI is InChI=1S/C26H24ClN5OS/c1-18(2)20-10-8-19(9-11-20)16-28-29-24(33)17-34-26-31-30-25(21-6-4-3-5-7-21)32(26)23-14-12-22(27)13-15-23/h3-16,18H,17H2,1-2H3,(H,29,33)/b28-16+. The lowest BCUT2D eigenvalue weighted by molar-refractivity contribution is -0.118. The second-order valence-corrected chi connectivity index (χ2v) is 9.27. The van der Waals surface area contributed by atoms with Gasteiger partial charge in [0.25, 0.3) is 5.91 Å². The second kappa shape index (κ2) is 11.1. The molecule has 0 atom stereocenters. The minimum atomic E-state index is -0.230. The van der Waals surface area contributed by atoms with E-state index in [-0.39, 0.29) is 11.7 Å². The van der Waals surface area contributed by atoms with Crippen molar-refractivity contribution in [1.29, 1.82) is 0 Å². The Morgan fingerprint density at radius 2 is 1.74 bits per heavy atom. The molecule has 0 saturated heterocycles. The van der Waals surface area contributed by atoms with Gasteiger partial charge in [0.2, 0.25) is 0 Å². The first-order valence-electron chi connectivity index (χ1n) is 10.8. The zero-order valence-electron chi connectivity index (χ0n) is 18.9. The molecule has 0 fully saturated rings. The molecule has 1 aromatic heterocycles. The van der Waals surface area contributed by atoms with E-state index in [0.717, 1.165) is 16.8 Å². The molecular formula is C26H24ClN5OS. The number of hydrogen-bond donors (Lipinski definition) is 1. The molecule has 0 radical (unpaired) electrons. The van der Waals surface area contributed by atoms with Crippen LogP contribution in [0.15, 0.2) is 89.1 Å². The van der Waals surface area contributed by atoms with Crippen molar-refractivity contribution < 1.29 is 4.79 Å². The fourth-order valence-corrected chi connectivity index (χ4v) is 4.14. The van der Waals surface area contributed by atoms with E-state index in [9.17, 15) is 4.79 Å². The van der Waals surface area contributed by atoms with Gasteiger partial charge in [0.05, 0.1) is 12.0 Å². The molecule has 6 nitrogen and oxygen atoms in total. The molecule has 0 unspecified atom stereocenters. The van der Waals surface area contributed by atoms with Crippen molar-refractivity contribution in [3.63, 3.8) is 0 Å². The van der Waals surface area contributed by atoms with Crippen LogP contribution in [0.2, 0.25) is 5.02 Å². The van der Waals surface area contributed by atoms with Crippen LogP contribution in [0.5, 0.6) is 0 Å². The Labute approximate surface area is 208 Å². The Morgan fingerprint density at radius 3 is 2.41 bits per heavy atom. The van der Waals surface area contributed by atoms with Crippen molar-refractivity contribution in [2.75, 3.05) is 5.75 Å². The summed E-state index contributed by atoms with van der Waals surface area (Å²) < 4.78 is 1.92. The van der Waals surface area contributed by atoms with Gasteiger partial charge in [0.15, 0.2) is 11.0 Å². The highest BCUT2D eigenvalue weighted by Crippen LogP contribution is 2.28. The van der Waals surface area contributed by atoms with Crippen LogP contribution in [-0.2, 0) is 4.79 Å². The van der Waals surface area contributed by atoms with Crippen LogP contribution in [-0.4, -0.2) is 32.6 Å². The third kappa shape index (κ3) is 5.92. The van der Waals surface area contributed by atoms with Gasteiger partial charge >= 0.3 is 0 Å². The summed E-state index contributed by atoms with van der Waals surface area (Å²) in [5.41, 5.74) is 6.55. The average molecular weight is 490 g/mol. The number of amides is 1. The molecule has 34 heavy (non-hydrogen) atoms. The van der Waals surface area contributed by atoms with Crippen molar-refractivity contribution in [3.05, 3.63) is 95.0 Å². The van der Waals surface area contributed by atoms with Crippen molar-refractivity contribution in [3.8, 4) is 17.1 Å². The highest BCUT2D eigenvalue weighted by molar-refractivity contribution is 7.99. The third-order valence-corrected chi connectivity index (χ3v) is 6.27. The Morgan fingerprint density at radius 1 is 1.03 bits per heavy atom. The first-order valence-corrected chi connectivity index (χ1v) is 12.2. The van der Waals surface area contributed by atoms with Crippen LogP contribution < -0.4 is 5.43 Å². The maximum Gasteiger partial charge on any atom is 0.250 e. The van der Waals surface area contributed by atoms with E-state index in [1.807, 2.05) is 71.3 Å². The number of halogens is 1. The molecule has 0 saturated carbocycles. The van der Waals surface area contributed by atoms with Crippen molar-refractivity contribution >= 4 is 35.5 Å². The molecule has 3 aromatic carbocycles. The Kier molecular flexibility index (Phi) is 7.77. The second-order valence-electron chi connectivity index (χ2n) is 7.89. The number of hydrogen-bond acceptors (Lipinski definition) is 5. The maximum atomic E-state index is 12.4. The number of thioether (sulfide) groups is 1. The molecule has 172 valence electrons.